The number of aliphatic hydroxyl groups excluding tert-OH is 1. The van der Waals surface area contributed by atoms with Gasteiger partial charge in [0, 0.05) is 6.42 Å². The SMILES string of the molecule is CCC1(CCc2ccc(F)cc2)CC(O)=CC(=O)O1. The molecule has 19 heavy (non-hydrogen) atoms. The molecule has 0 radical (unpaired) electrons. The number of esters is 1. The van der Waals surface area contributed by atoms with Gasteiger partial charge in [-0.3, -0.25) is 0 Å². The molecule has 1 unspecified atom stereocenters. The Morgan fingerprint density at radius 3 is 2.63 bits per heavy atom. The Bertz CT molecular complexity index is 493. The first-order valence-electron chi connectivity index (χ1n) is 6.40. The summed E-state index contributed by atoms with van der Waals surface area (Å²) in [6.45, 7) is 1.93. The van der Waals surface area contributed by atoms with Gasteiger partial charge in [-0.25, -0.2) is 9.18 Å². The number of aliphatic hydroxyl groups is 1. The van der Waals surface area contributed by atoms with E-state index in [1.807, 2.05) is 6.92 Å². The lowest BCUT2D eigenvalue weighted by Gasteiger charge is -2.34. The molecule has 0 spiro atoms. The number of rotatable bonds is 4. The Kier molecular flexibility index (Phi) is 3.88. The van der Waals surface area contributed by atoms with E-state index in [4.69, 9.17) is 4.74 Å². The maximum Gasteiger partial charge on any atom is 0.334 e. The predicted octanol–water partition coefficient (Wildman–Crippen LogP) is 3.30. The van der Waals surface area contributed by atoms with Gasteiger partial charge in [-0.1, -0.05) is 19.1 Å². The highest BCUT2D eigenvalue weighted by Gasteiger charge is 2.36. The topological polar surface area (TPSA) is 46.5 Å². The van der Waals surface area contributed by atoms with Gasteiger partial charge in [-0.2, -0.15) is 0 Å². The maximum atomic E-state index is 12.8. The summed E-state index contributed by atoms with van der Waals surface area (Å²) in [5.41, 5.74) is 0.337. The van der Waals surface area contributed by atoms with Gasteiger partial charge < -0.3 is 9.84 Å². The summed E-state index contributed by atoms with van der Waals surface area (Å²) < 4.78 is 18.2. The molecule has 1 aromatic carbocycles. The second kappa shape index (κ2) is 5.43. The van der Waals surface area contributed by atoms with Gasteiger partial charge >= 0.3 is 5.97 Å². The van der Waals surface area contributed by atoms with E-state index < -0.39 is 11.6 Å². The van der Waals surface area contributed by atoms with Crippen LogP contribution in [-0.4, -0.2) is 16.7 Å². The Balaban J connectivity index is 2.05. The molecule has 0 saturated carbocycles. The quantitative estimate of drug-likeness (QED) is 0.849. The van der Waals surface area contributed by atoms with E-state index in [0.717, 1.165) is 11.6 Å². The summed E-state index contributed by atoms with van der Waals surface area (Å²) in [5, 5.41) is 9.59. The van der Waals surface area contributed by atoms with E-state index in [9.17, 15) is 14.3 Å². The van der Waals surface area contributed by atoms with Gasteiger partial charge in [0.2, 0.25) is 0 Å². The second-order valence-electron chi connectivity index (χ2n) is 4.90. The second-order valence-corrected chi connectivity index (χ2v) is 4.90. The standard InChI is InChI=1S/C15H17FO3/c1-2-15(10-13(17)9-14(18)19-15)8-7-11-3-5-12(16)6-4-11/h3-6,9,17H,2,7-8,10H2,1H3. The molecule has 1 aromatic rings. The lowest BCUT2D eigenvalue weighted by molar-refractivity contribution is -0.158. The van der Waals surface area contributed by atoms with Crippen LogP contribution in [0, 0.1) is 5.82 Å². The molecular weight excluding hydrogens is 247 g/mol. The number of carbonyl (C=O) groups excluding carboxylic acids is 1. The summed E-state index contributed by atoms with van der Waals surface area (Å²) in [5.74, 6) is -0.694. The smallest absolute Gasteiger partial charge is 0.334 e. The van der Waals surface area contributed by atoms with Crippen LogP contribution in [0.5, 0.6) is 0 Å². The fraction of sp³-hybridized carbons (Fsp3) is 0.400. The van der Waals surface area contributed by atoms with Crippen molar-refractivity contribution in [3.8, 4) is 0 Å². The third-order valence-corrected chi connectivity index (χ3v) is 3.53. The number of ether oxygens (including phenoxy) is 1. The monoisotopic (exact) mass is 264 g/mol. The largest absolute Gasteiger partial charge is 0.512 e. The molecule has 0 bridgehead atoms. The Labute approximate surface area is 111 Å². The van der Waals surface area contributed by atoms with Crippen molar-refractivity contribution in [2.45, 2.75) is 38.2 Å². The van der Waals surface area contributed by atoms with E-state index in [0.29, 0.717) is 25.7 Å². The molecule has 1 aliphatic rings. The third kappa shape index (κ3) is 3.34. The molecule has 0 amide bonds. The van der Waals surface area contributed by atoms with Gasteiger partial charge in [-0.15, -0.1) is 0 Å². The number of benzene rings is 1. The molecule has 4 heteroatoms. The zero-order valence-corrected chi connectivity index (χ0v) is 10.9. The summed E-state index contributed by atoms with van der Waals surface area (Å²) in [4.78, 5) is 11.4. The first-order chi connectivity index (χ1) is 9.03. The van der Waals surface area contributed by atoms with Crippen LogP contribution in [0.25, 0.3) is 0 Å². The molecular formula is C15H17FO3. The van der Waals surface area contributed by atoms with Gasteiger partial charge in [-0.05, 0) is 37.0 Å². The number of hydrogen-bond donors (Lipinski definition) is 1. The molecule has 1 aliphatic heterocycles. The number of cyclic esters (lactones) is 1. The van der Waals surface area contributed by atoms with Gasteiger partial charge in [0.05, 0.1) is 6.08 Å². The van der Waals surface area contributed by atoms with Crippen molar-refractivity contribution in [1.82, 2.24) is 0 Å². The van der Waals surface area contributed by atoms with Crippen LogP contribution in [0.4, 0.5) is 4.39 Å². The summed E-state index contributed by atoms with van der Waals surface area (Å²) >= 11 is 0. The average molecular weight is 264 g/mol. The van der Waals surface area contributed by atoms with E-state index in [1.54, 1.807) is 12.1 Å². The Morgan fingerprint density at radius 2 is 2.05 bits per heavy atom. The molecule has 2 rings (SSSR count). The van der Waals surface area contributed by atoms with Crippen molar-refractivity contribution in [2.75, 3.05) is 0 Å². The maximum absolute atomic E-state index is 12.8. The van der Waals surface area contributed by atoms with Gasteiger partial charge in [0.1, 0.15) is 17.2 Å². The van der Waals surface area contributed by atoms with Crippen LogP contribution in [0.1, 0.15) is 31.7 Å². The molecule has 0 aliphatic carbocycles. The van der Waals surface area contributed by atoms with Crippen molar-refractivity contribution in [1.29, 1.82) is 0 Å². The molecule has 0 saturated heterocycles. The van der Waals surface area contributed by atoms with Gasteiger partial charge in [0.25, 0.3) is 0 Å². The zero-order chi connectivity index (χ0) is 13.9. The van der Waals surface area contributed by atoms with E-state index in [1.165, 1.54) is 12.1 Å². The highest BCUT2D eigenvalue weighted by molar-refractivity contribution is 5.83. The van der Waals surface area contributed by atoms with E-state index in [2.05, 4.69) is 0 Å². The summed E-state index contributed by atoms with van der Waals surface area (Å²) in [6.07, 6.45) is 3.38. The molecule has 1 heterocycles. The van der Waals surface area contributed by atoms with Crippen LogP contribution in [-0.2, 0) is 16.0 Å². The Hall–Kier alpha value is -1.84. The molecule has 1 atom stereocenters. The minimum absolute atomic E-state index is 0.0669. The number of carbonyl (C=O) groups is 1. The van der Waals surface area contributed by atoms with Crippen molar-refractivity contribution in [3.05, 3.63) is 47.5 Å². The predicted molar refractivity (Wildman–Crippen MR) is 69.2 cm³/mol. The third-order valence-electron chi connectivity index (χ3n) is 3.53. The number of halogens is 1. The first-order valence-corrected chi connectivity index (χ1v) is 6.40. The van der Waals surface area contributed by atoms with Crippen LogP contribution >= 0.6 is 0 Å². The van der Waals surface area contributed by atoms with E-state index >= 15 is 0 Å². The average Bonchev–Trinajstić information content (AvgIpc) is 2.37. The summed E-state index contributed by atoms with van der Waals surface area (Å²) in [6, 6.07) is 6.27. The number of aryl methyl sites for hydroxylation is 1. The Morgan fingerprint density at radius 1 is 1.37 bits per heavy atom. The van der Waals surface area contributed by atoms with Crippen LogP contribution < -0.4 is 0 Å². The van der Waals surface area contributed by atoms with Crippen LogP contribution in [0.15, 0.2) is 36.1 Å². The zero-order valence-electron chi connectivity index (χ0n) is 10.9. The molecule has 1 N–H and O–H groups in total. The lowest BCUT2D eigenvalue weighted by Crippen LogP contribution is -2.38. The van der Waals surface area contributed by atoms with Gasteiger partial charge in [0.15, 0.2) is 0 Å². The van der Waals surface area contributed by atoms with Crippen LogP contribution in [0.2, 0.25) is 0 Å². The highest BCUT2D eigenvalue weighted by Crippen LogP contribution is 2.32. The number of hydrogen-bond acceptors (Lipinski definition) is 3. The minimum Gasteiger partial charge on any atom is -0.512 e. The van der Waals surface area contributed by atoms with Crippen molar-refractivity contribution >= 4 is 5.97 Å². The normalized spacial score (nSPS) is 22.8. The fourth-order valence-corrected chi connectivity index (χ4v) is 2.33. The van der Waals surface area contributed by atoms with Crippen molar-refractivity contribution in [2.24, 2.45) is 0 Å². The summed E-state index contributed by atoms with van der Waals surface area (Å²) in [7, 11) is 0. The van der Waals surface area contributed by atoms with E-state index in [-0.39, 0.29) is 11.6 Å². The first kappa shape index (κ1) is 13.6. The lowest BCUT2D eigenvalue weighted by atomic mass is 9.87. The van der Waals surface area contributed by atoms with Crippen molar-refractivity contribution < 1.29 is 19.0 Å². The molecule has 102 valence electrons. The molecule has 3 nitrogen and oxygen atoms in total. The minimum atomic E-state index is -0.649. The van der Waals surface area contributed by atoms with Crippen LogP contribution in [0.3, 0.4) is 0 Å². The molecule has 0 fully saturated rings. The molecule has 0 aromatic heterocycles. The highest BCUT2D eigenvalue weighted by atomic mass is 19.1. The fourth-order valence-electron chi connectivity index (χ4n) is 2.33. The van der Waals surface area contributed by atoms with Crippen molar-refractivity contribution in [3.63, 3.8) is 0 Å².